The van der Waals surface area contributed by atoms with Crippen LogP contribution >= 0.6 is 34.4 Å². The van der Waals surface area contributed by atoms with Gasteiger partial charge >= 0.3 is 5.97 Å². The lowest BCUT2D eigenvalue weighted by atomic mass is 10.1. The Bertz CT molecular complexity index is 883. The molecule has 3 heterocycles. The third kappa shape index (κ3) is 4.44. The summed E-state index contributed by atoms with van der Waals surface area (Å²) in [5.41, 5.74) is 2.31. The Balaban J connectivity index is 1.53. The maximum atomic E-state index is 12.5. The van der Waals surface area contributed by atoms with Crippen molar-refractivity contribution in [3.05, 3.63) is 57.0 Å². The Morgan fingerprint density at radius 2 is 2.12 bits per heavy atom. The maximum Gasteiger partial charge on any atom is 0.316 e. The summed E-state index contributed by atoms with van der Waals surface area (Å²) in [6, 6.07) is 5.84. The molecule has 0 atom stereocenters. The molecule has 0 aliphatic heterocycles. The van der Waals surface area contributed by atoms with Crippen molar-refractivity contribution < 1.29 is 14.3 Å². The largest absolute Gasteiger partial charge is 0.457 e. The van der Waals surface area contributed by atoms with Gasteiger partial charge in [0.25, 0.3) is 0 Å². The smallest absolute Gasteiger partial charge is 0.316 e. The Morgan fingerprint density at radius 1 is 1.27 bits per heavy atom. The third-order valence-corrected chi connectivity index (χ3v) is 6.52. The average molecular weight is 407 g/mol. The van der Waals surface area contributed by atoms with Crippen LogP contribution in [0.5, 0.6) is 0 Å². The van der Waals surface area contributed by atoms with Crippen molar-refractivity contribution in [3.8, 4) is 5.13 Å². The minimum atomic E-state index is -0.367. The molecule has 0 spiro atoms. The number of rotatable bonds is 8. The third-order valence-electron chi connectivity index (χ3n) is 3.75. The van der Waals surface area contributed by atoms with E-state index in [4.69, 9.17) is 4.74 Å². The molecule has 0 N–H and O–H groups in total. The van der Waals surface area contributed by atoms with E-state index in [-0.39, 0.29) is 24.1 Å². The van der Waals surface area contributed by atoms with Gasteiger partial charge in [0.1, 0.15) is 0 Å². The van der Waals surface area contributed by atoms with Gasteiger partial charge in [0.15, 0.2) is 11.7 Å². The van der Waals surface area contributed by atoms with Crippen LogP contribution in [0.2, 0.25) is 0 Å². The summed E-state index contributed by atoms with van der Waals surface area (Å²) in [5.74, 6) is 0.449. The molecular weight excluding hydrogens is 388 g/mol. The van der Waals surface area contributed by atoms with E-state index in [0.717, 1.165) is 22.3 Å². The standard InChI is InChI=1S/C18H18N2O3S3/c1-12-8-15(13(2)20(12)18-19-5-7-26-18)16(21)9-23-17(22)11-24-10-14-4-3-6-25-14/h3-8H,9-11H2,1-2H3. The lowest BCUT2D eigenvalue weighted by Gasteiger charge is -2.06. The number of aromatic nitrogens is 2. The van der Waals surface area contributed by atoms with Gasteiger partial charge in [-0.1, -0.05) is 6.07 Å². The number of esters is 1. The average Bonchev–Trinajstić information content (AvgIpc) is 3.35. The number of Topliss-reactive ketones (excluding diaryl/α,β-unsaturated/α-hetero) is 1. The Morgan fingerprint density at radius 3 is 2.81 bits per heavy atom. The normalized spacial score (nSPS) is 10.8. The van der Waals surface area contributed by atoms with Crippen molar-refractivity contribution in [2.45, 2.75) is 19.6 Å². The van der Waals surface area contributed by atoms with E-state index < -0.39 is 0 Å². The fourth-order valence-corrected chi connectivity index (χ4v) is 4.97. The van der Waals surface area contributed by atoms with E-state index >= 15 is 0 Å². The second-order valence-electron chi connectivity index (χ2n) is 5.59. The van der Waals surface area contributed by atoms with Crippen LogP contribution in [0.15, 0.2) is 35.2 Å². The molecule has 3 aromatic heterocycles. The highest BCUT2D eigenvalue weighted by molar-refractivity contribution is 7.99. The van der Waals surface area contributed by atoms with Crippen LogP contribution in [-0.4, -0.2) is 33.7 Å². The lowest BCUT2D eigenvalue weighted by molar-refractivity contribution is -0.139. The van der Waals surface area contributed by atoms with Crippen molar-refractivity contribution >= 4 is 46.2 Å². The molecule has 0 aliphatic rings. The fourth-order valence-electron chi connectivity index (χ4n) is 2.56. The molecule has 0 aliphatic carbocycles. The summed E-state index contributed by atoms with van der Waals surface area (Å²) in [6.45, 7) is 3.57. The summed E-state index contributed by atoms with van der Waals surface area (Å²) < 4.78 is 7.09. The van der Waals surface area contributed by atoms with E-state index in [1.165, 1.54) is 28.0 Å². The van der Waals surface area contributed by atoms with Gasteiger partial charge in [0.05, 0.1) is 5.75 Å². The molecule has 0 fully saturated rings. The fraction of sp³-hybridized carbons (Fsp3) is 0.278. The number of nitrogens with zero attached hydrogens (tertiary/aromatic N) is 2. The zero-order valence-electron chi connectivity index (χ0n) is 14.4. The molecule has 5 nitrogen and oxygen atoms in total. The van der Waals surface area contributed by atoms with Crippen LogP contribution in [-0.2, 0) is 15.3 Å². The van der Waals surface area contributed by atoms with Gasteiger partial charge in [-0.15, -0.1) is 34.4 Å². The highest BCUT2D eigenvalue weighted by Crippen LogP contribution is 2.23. The van der Waals surface area contributed by atoms with E-state index in [9.17, 15) is 9.59 Å². The minimum Gasteiger partial charge on any atom is -0.457 e. The van der Waals surface area contributed by atoms with Crippen LogP contribution in [0.25, 0.3) is 5.13 Å². The van der Waals surface area contributed by atoms with E-state index in [1.807, 2.05) is 47.4 Å². The van der Waals surface area contributed by atoms with E-state index in [2.05, 4.69) is 4.98 Å². The van der Waals surface area contributed by atoms with Crippen molar-refractivity contribution in [1.29, 1.82) is 0 Å². The molecule has 3 aromatic rings. The lowest BCUT2D eigenvalue weighted by Crippen LogP contribution is -2.16. The predicted molar refractivity (Wildman–Crippen MR) is 107 cm³/mol. The number of aryl methyl sites for hydroxylation is 1. The van der Waals surface area contributed by atoms with E-state index in [1.54, 1.807) is 17.5 Å². The molecule has 0 saturated carbocycles. The van der Waals surface area contributed by atoms with Crippen molar-refractivity contribution in [2.75, 3.05) is 12.4 Å². The van der Waals surface area contributed by atoms with Gasteiger partial charge < -0.3 is 4.74 Å². The first kappa shape index (κ1) is 18.9. The van der Waals surface area contributed by atoms with Crippen LogP contribution in [0.4, 0.5) is 0 Å². The number of hydrogen-bond acceptors (Lipinski definition) is 7. The minimum absolute atomic E-state index is 0.197. The predicted octanol–water partition coefficient (Wildman–Crippen LogP) is 4.27. The van der Waals surface area contributed by atoms with Crippen molar-refractivity contribution in [1.82, 2.24) is 9.55 Å². The number of ether oxygens (including phenoxy) is 1. The molecule has 0 bridgehead atoms. The number of thioether (sulfide) groups is 1. The highest BCUT2D eigenvalue weighted by Gasteiger charge is 2.19. The van der Waals surface area contributed by atoms with Crippen LogP contribution < -0.4 is 0 Å². The zero-order valence-corrected chi connectivity index (χ0v) is 16.9. The number of carbonyl (C=O) groups is 2. The Labute approximate surface area is 164 Å². The van der Waals surface area contributed by atoms with Crippen LogP contribution in [0, 0.1) is 13.8 Å². The second-order valence-corrected chi connectivity index (χ2v) is 8.48. The molecule has 8 heteroatoms. The van der Waals surface area contributed by atoms with Crippen molar-refractivity contribution in [3.63, 3.8) is 0 Å². The highest BCUT2D eigenvalue weighted by atomic mass is 32.2. The molecule has 26 heavy (non-hydrogen) atoms. The molecule has 0 saturated heterocycles. The molecular formula is C18H18N2O3S3. The maximum absolute atomic E-state index is 12.5. The van der Waals surface area contributed by atoms with Gasteiger partial charge in [-0.2, -0.15) is 0 Å². The van der Waals surface area contributed by atoms with Gasteiger partial charge in [0.2, 0.25) is 5.78 Å². The number of ketones is 1. The Kier molecular flexibility index (Phi) is 6.29. The molecule has 0 amide bonds. The second kappa shape index (κ2) is 8.66. The molecule has 136 valence electrons. The molecule has 3 rings (SSSR count). The van der Waals surface area contributed by atoms with Crippen LogP contribution in [0.3, 0.4) is 0 Å². The summed E-state index contributed by atoms with van der Waals surface area (Å²) in [7, 11) is 0. The first-order valence-corrected chi connectivity index (χ1v) is 10.9. The van der Waals surface area contributed by atoms with Gasteiger partial charge in [-0.05, 0) is 31.4 Å². The monoisotopic (exact) mass is 406 g/mol. The number of thiazole rings is 1. The number of hydrogen-bond donors (Lipinski definition) is 0. The Hall–Kier alpha value is -1.90. The number of thiophene rings is 1. The summed E-state index contributed by atoms with van der Waals surface area (Å²) >= 11 is 4.66. The first-order chi connectivity index (χ1) is 12.6. The van der Waals surface area contributed by atoms with Gasteiger partial charge in [0, 0.05) is 39.2 Å². The van der Waals surface area contributed by atoms with Gasteiger partial charge in [-0.25, -0.2) is 4.98 Å². The number of carbonyl (C=O) groups excluding carboxylic acids is 2. The molecule has 0 unspecified atom stereocenters. The summed E-state index contributed by atoms with van der Waals surface area (Å²) in [4.78, 5) is 29.8. The molecule has 0 radical (unpaired) electrons. The summed E-state index contributed by atoms with van der Waals surface area (Å²) in [5, 5.41) is 4.72. The quantitative estimate of drug-likeness (QED) is 0.413. The topological polar surface area (TPSA) is 61.2 Å². The zero-order chi connectivity index (χ0) is 18.5. The SMILES string of the molecule is Cc1cc(C(=O)COC(=O)CSCc2cccs2)c(C)n1-c1nccs1. The van der Waals surface area contributed by atoms with Crippen LogP contribution in [0.1, 0.15) is 26.6 Å². The first-order valence-electron chi connectivity index (χ1n) is 7.94. The van der Waals surface area contributed by atoms with E-state index in [0.29, 0.717) is 5.56 Å². The van der Waals surface area contributed by atoms with Gasteiger partial charge in [-0.3, -0.25) is 14.2 Å². The molecule has 0 aromatic carbocycles. The summed E-state index contributed by atoms with van der Waals surface area (Å²) in [6.07, 6.45) is 1.73. The van der Waals surface area contributed by atoms with Crippen molar-refractivity contribution in [2.24, 2.45) is 0 Å².